The number of anilines is 2. The molecule has 9 heteroatoms. The molecule has 2 saturated heterocycles. The van der Waals surface area contributed by atoms with Gasteiger partial charge in [0.2, 0.25) is 11.8 Å². The number of rotatable bonds is 12. The van der Waals surface area contributed by atoms with Gasteiger partial charge >= 0.3 is 0 Å². The smallest absolute Gasteiger partial charge is 0.220 e. The van der Waals surface area contributed by atoms with Crippen LogP contribution in [-0.2, 0) is 11.2 Å². The van der Waals surface area contributed by atoms with E-state index in [0.29, 0.717) is 11.8 Å². The Morgan fingerprint density at radius 2 is 1.55 bits per heavy atom. The molecule has 8 nitrogen and oxygen atoms in total. The summed E-state index contributed by atoms with van der Waals surface area (Å²) in [5.74, 6) is 3.53. The molecule has 4 aromatic rings. The zero-order valence-corrected chi connectivity index (χ0v) is 32.3. The van der Waals surface area contributed by atoms with Gasteiger partial charge in [0.1, 0.15) is 17.3 Å². The minimum absolute atomic E-state index is 0.0848. The van der Waals surface area contributed by atoms with Crippen molar-refractivity contribution in [3.63, 3.8) is 0 Å². The highest BCUT2D eigenvalue weighted by atomic mass is 19.1. The Labute approximate surface area is 315 Å². The lowest BCUT2D eigenvalue weighted by Gasteiger charge is -2.42. The van der Waals surface area contributed by atoms with Gasteiger partial charge in [-0.3, -0.25) is 4.90 Å². The number of nitrogens with zero attached hydrogens (tertiary/aromatic N) is 5. The first-order chi connectivity index (χ1) is 25.7. The summed E-state index contributed by atoms with van der Waals surface area (Å²) < 4.78 is 32.9. The maximum absolute atomic E-state index is 14.3. The SMILES string of the molecule is COc1ccc(N2CCN(C(CC3CCC(C(c4cccc(F)c4)N(C)C)CC3)c3nc(Cc4ccccc4)c(N4CC(C)OC(C)C4)o3)CC2)cc1. The van der Waals surface area contributed by atoms with Crippen LogP contribution in [0.4, 0.5) is 16.0 Å². The van der Waals surface area contributed by atoms with E-state index in [9.17, 15) is 4.39 Å². The summed E-state index contributed by atoms with van der Waals surface area (Å²) in [5, 5.41) is 0. The molecule has 4 atom stereocenters. The van der Waals surface area contributed by atoms with Gasteiger partial charge in [-0.2, -0.15) is 0 Å². The van der Waals surface area contributed by atoms with Gasteiger partial charge in [0.25, 0.3) is 0 Å². The molecule has 0 radical (unpaired) electrons. The molecule has 1 aromatic heterocycles. The maximum Gasteiger partial charge on any atom is 0.220 e. The van der Waals surface area contributed by atoms with E-state index < -0.39 is 0 Å². The van der Waals surface area contributed by atoms with Crippen LogP contribution in [0.25, 0.3) is 0 Å². The fraction of sp³-hybridized carbons (Fsp3) is 0.523. The maximum atomic E-state index is 14.3. The lowest BCUT2D eigenvalue weighted by Crippen LogP contribution is -2.48. The summed E-state index contributed by atoms with van der Waals surface area (Å²) in [6.07, 6.45) is 6.53. The summed E-state index contributed by atoms with van der Waals surface area (Å²) in [5.41, 5.74) is 4.56. The standard InChI is InChI=1S/C44H58FN5O3/c1-31-29-50(30-32(2)52-31)44-40(26-33-10-7-6-8-11-33)46-43(53-44)41(49-24-22-48(23-25-49)38-18-20-39(51-5)21-19-38)27-34-14-16-35(17-15-34)42(47(3)4)36-12-9-13-37(45)28-36/h6-13,18-21,28,31-32,34-35,41-42H,14-17,22-27,29-30H2,1-5H3. The van der Waals surface area contributed by atoms with Crippen LogP contribution in [0.15, 0.2) is 83.3 Å². The normalized spacial score (nSPS) is 24.0. The van der Waals surface area contributed by atoms with Gasteiger partial charge in [-0.1, -0.05) is 55.3 Å². The molecule has 3 heterocycles. The molecule has 7 rings (SSSR count). The van der Waals surface area contributed by atoms with E-state index in [1.165, 1.54) is 11.3 Å². The van der Waals surface area contributed by atoms with Crippen molar-refractivity contribution in [2.24, 2.45) is 11.8 Å². The highest BCUT2D eigenvalue weighted by Gasteiger charge is 2.37. The lowest BCUT2D eigenvalue weighted by atomic mass is 9.74. The predicted octanol–water partition coefficient (Wildman–Crippen LogP) is 8.39. The topological polar surface area (TPSA) is 57.5 Å². The first-order valence-electron chi connectivity index (χ1n) is 19.7. The van der Waals surface area contributed by atoms with Crippen molar-refractivity contribution >= 4 is 11.6 Å². The summed E-state index contributed by atoms with van der Waals surface area (Å²) in [6, 6.07) is 26.6. The van der Waals surface area contributed by atoms with Crippen molar-refractivity contribution in [3.8, 4) is 5.75 Å². The van der Waals surface area contributed by atoms with E-state index in [0.717, 1.165) is 107 Å². The van der Waals surface area contributed by atoms with Crippen LogP contribution in [0.1, 0.15) is 80.7 Å². The van der Waals surface area contributed by atoms with Crippen LogP contribution < -0.4 is 14.5 Å². The van der Waals surface area contributed by atoms with Crippen molar-refractivity contribution < 1.29 is 18.3 Å². The summed E-state index contributed by atoms with van der Waals surface area (Å²) in [6.45, 7) is 9.62. The lowest BCUT2D eigenvalue weighted by molar-refractivity contribution is -0.00662. The van der Waals surface area contributed by atoms with Crippen molar-refractivity contribution in [2.75, 3.05) is 70.3 Å². The summed E-state index contributed by atoms with van der Waals surface area (Å²) in [7, 11) is 5.98. The number of ether oxygens (including phenoxy) is 2. The third-order valence-corrected chi connectivity index (χ3v) is 11.7. The number of oxazole rings is 1. The van der Waals surface area contributed by atoms with Crippen LogP contribution in [0.5, 0.6) is 5.75 Å². The fourth-order valence-electron chi connectivity index (χ4n) is 9.23. The molecule has 53 heavy (non-hydrogen) atoms. The summed E-state index contributed by atoms with van der Waals surface area (Å²) >= 11 is 0. The second kappa shape index (κ2) is 17.0. The monoisotopic (exact) mass is 723 g/mol. The zero-order valence-electron chi connectivity index (χ0n) is 32.3. The first kappa shape index (κ1) is 37.4. The Bertz CT molecular complexity index is 1720. The van der Waals surface area contributed by atoms with Gasteiger partial charge < -0.3 is 28.6 Å². The Morgan fingerprint density at radius 1 is 0.849 bits per heavy atom. The van der Waals surface area contributed by atoms with Crippen molar-refractivity contribution in [2.45, 2.75) is 76.7 Å². The number of morpholine rings is 1. The van der Waals surface area contributed by atoms with E-state index in [1.54, 1.807) is 19.2 Å². The molecule has 2 aliphatic heterocycles. The number of hydrogen-bond acceptors (Lipinski definition) is 8. The van der Waals surface area contributed by atoms with Crippen LogP contribution >= 0.6 is 0 Å². The van der Waals surface area contributed by atoms with Gasteiger partial charge in [-0.15, -0.1) is 0 Å². The fourth-order valence-corrected chi connectivity index (χ4v) is 9.23. The molecular weight excluding hydrogens is 666 g/mol. The minimum atomic E-state index is -0.157. The average Bonchev–Trinajstić information content (AvgIpc) is 3.58. The third kappa shape index (κ3) is 9.07. The Kier molecular flexibility index (Phi) is 12.0. The van der Waals surface area contributed by atoms with E-state index >= 15 is 0 Å². The molecule has 0 bridgehead atoms. The molecule has 0 spiro atoms. The molecule has 4 unspecified atom stereocenters. The van der Waals surface area contributed by atoms with E-state index in [1.807, 2.05) is 18.2 Å². The Morgan fingerprint density at radius 3 is 2.19 bits per heavy atom. The van der Waals surface area contributed by atoms with Gasteiger partial charge in [-0.25, -0.2) is 9.37 Å². The highest BCUT2D eigenvalue weighted by Crippen LogP contribution is 2.44. The van der Waals surface area contributed by atoms with Gasteiger partial charge in [-0.05, 0) is 107 Å². The second-order valence-corrected chi connectivity index (χ2v) is 15.8. The van der Waals surface area contributed by atoms with Gasteiger partial charge in [0, 0.05) is 57.4 Å². The van der Waals surface area contributed by atoms with E-state index in [4.69, 9.17) is 18.9 Å². The molecule has 3 aliphatic rings. The largest absolute Gasteiger partial charge is 0.497 e. The van der Waals surface area contributed by atoms with Crippen LogP contribution in [0.2, 0.25) is 0 Å². The molecule has 0 N–H and O–H groups in total. The molecule has 1 saturated carbocycles. The second-order valence-electron chi connectivity index (χ2n) is 15.8. The molecular formula is C44H58FN5O3. The molecule has 284 valence electrons. The molecule has 1 aliphatic carbocycles. The molecule has 0 amide bonds. The van der Waals surface area contributed by atoms with Crippen molar-refractivity contribution in [1.82, 2.24) is 14.8 Å². The molecule has 3 fully saturated rings. The van der Waals surface area contributed by atoms with Crippen molar-refractivity contribution in [3.05, 3.63) is 107 Å². The van der Waals surface area contributed by atoms with Crippen LogP contribution in [0, 0.1) is 17.7 Å². The average molecular weight is 724 g/mol. The minimum Gasteiger partial charge on any atom is -0.497 e. The Hall–Kier alpha value is -3.92. The van der Waals surface area contributed by atoms with E-state index in [-0.39, 0.29) is 30.1 Å². The number of aromatic nitrogens is 1. The number of hydrogen-bond donors (Lipinski definition) is 0. The number of benzene rings is 3. The number of methoxy groups -OCH3 is 1. The summed E-state index contributed by atoms with van der Waals surface area (Å²) in [4.78, 5) is 15.2. The zero-order chi connectivity index (χ0) is 36.9. The van der Waals surface area contributed by atoms with E-state index in [2.05, 4.69) is 96.1 Å². The Balaban J connectivity index is 1.14. The number of piperazine rings is 1. The molecule has 3 aromatic carbocycles. The third-order valence-electron chi connectivity index (χ3n) is 11.7. The highest BCUT2D eigenvalue weighted by molar-refractivity contribution is 5.49. The van der Waals surface area contributed by atoms with Crippen LogP contribution in [-0.4, -0.2) is 87.5 Å². The quantitative estimate of drug-likeness (QED) is 0.145. The van der Waals surface area contributed by atoms with Crippen molar-refractivity contribution in [1.29, 1.82) is 0 Å². The predicted molar refractivity (Wildman–Crippen MR) is 210 cm³/mol. The van der Waals surface area contributed by atoms with Gasteiger partial charge in [0.15, 0.2) is 0 Å². The first-order valence-corrected chi connectivity index (χ1v) is 19.7. The number of halogens is 1. The van der Waals surface area contributed by atoms with Gasteiger partial charge in [0.05, 0.1) is 25.4 Å². The van der Waals surface area contributed by atoms with Crippen LogP contribution in [0.3, 0.4) is 0 Å².